The van der Waals surface area contributed by atoms with Crippen molar-refractivity contribution in [3.63, 3.8) is 0 Å². The summed E-state index contributed by atoms with van der Waals surface area (Å²) in [6.45, 7) is 6.53. The number of benzene rings is 2. The summed E-state index contributed by atoms with van der Waals surface area (Å²) < 4.78 is 6.77. The van der Waals surface area contributed by atoms with E-state index < -0.39 is 12.2 Å². The van der Waals surface area contributed by atoms with Gasteiger partial charge in [-0.25, -0.2) is 9.59 Å². The minimum Gasteiger partial charge on any atom is -0.436 e. The van der Waals surface area contributed by atoms with Crippen molar-refractivity contribution in [2.75, 3.05) is 70.0 Å². The summed E-state index contributed by atoms with van der Waals surface area (Å²) in [6, 6.07) is 13.9. The van der Waals surface area contributed by atoms with Crippen LogP contribution in [0.15, 0.2) is 46.9 Å². The molecule has 0 radical (unpaired) electrons. The molecule has 2 aromatic carbocycles. The molecule has 3 saturated heterocycles. The van der Waals surface area contributed by atoms with Gasteiger partial charge in [0.15, 0.2) is 6.10 Å². The molecular formula is C33H46BrN7O4. The molecule has 0 saturated carbocycles. The lowest BCUT2D eigenvalue weighted by molar-refractivity contribution is -0.143. The predicted octanol–water partition coefficient (Wildman–Crippen LogP) is 3.78. The quantitative estimate of drug-likeness (QED) is 0.396. The van der Waals surface area contributed by atoms with Crippen molar-refractivity contribution in [3.05, 3.63) is 58.1 Å². The van der Waals surface area contributed by atoms with Crippen LogP contribution in [0.2, 0.25) is 0 Å². The third-order valence-corrected chi connectivity index (χ3v) is 10.4. The van der Waals surface area contributed by atoms with Crippen molar-refractivity contribution >= 4 is 45.3 Å². The van der Waals surface area contributed by atoms with Crippen molar-refractivity contribution in [2.45, 2.75) is 56.7 Å². The average Bonchev–Trinajstić information content (AvgIpc) is 3.24. The van der Waals surface area contributed by atoms with E-state index >= 15 is 0 Å². The number of anilines is 2. The highest BCUT2D eigenvalue weighted by molar-refractivity contribution is 9.10. The minimum absolute atomic E-state index is 0. The molecule has 3 fully saturated rings. The van der Waals surface area contributed by atoms with Gasteiger partial charge in [0, 0.05) is 81.6 Å². The van der Waals surface area contributed by atoms with Gasteiger partial charge in [0.1, 0.15) is 0 Å². The number of carbonyl (C=O) groups is 3. The number of fused-ring (bicyclic) bond motifs is 1. The average molecular weight is 685 g/mol. The molecule has 45 heavy (non-hydrogen) atoms. The van der Waals surface area contributed by atoms with E-state index in [1.165, 1.54) is 0 Å². The number of nitrogens with zero attached hydrogens (tertiary/aromatic N) is 4. The van der Waals surface area contributed by atoms with Gasteiger partial charge >= 0.3 is 12.1 Å². The molecule has 6 rings (SSSR count). The summed E-state index contributed by atoms with van der Waals surface area (Å²) in [4.78, 5) is 48.4. The van der Waals surface area contributed by atoms with Crippen LogP contribution in [0.25, 0.3) is 0 Å². The summed E-state index contributed by atoms with van der Waals surface area (Å²) in [7, 11) is 0. The highest BCUT2D eigenvalue weighted by atomic mass is 79.9. The lowest BCUT2D eigenvalue weighted by Gasteiger charge is -2.41. The maximum atomic E-state index is 13.9. The number of urea groups is 1. The number of carbonyl (C=O) groups excluding carboxylic acids is 3. The zero-order valence-electron chi connectivity index (χ0n) is 25.8. The number of hydrogen-bond donors (Lipinski definition) is 3. The van der Waals surface area contributed by atoms with Gasteiger partial charge in [-0.3, -0.25) is 9.69 Å². The third kappa shape index (κ3) is 7.56. The number of likely N-dealkylation sites (tertiary alicyclic amines) is 1. The fourth-order valence-electron chi connectivity index (χ4n) is 7.07. The third-order valence-electron chi connectivity index (χ3n) is 9.76. The number of para-hydroxylation sites is 1. The maximum Gasteiger partial charge on any atom is 0.410 e. The number of nitrogens with one attached hydrogen (secondary N) is 2. The van der Waals surface area contributed by atoms with Crippen LogP contribution in [0.4, 0.5) is 21.0 Å². The highest BCUT2D eigenvalue weighted by Gasteiger charge is 2.36. The summed E-state index contributed by atoms with van der Waals surface area (Å²) >= 11 is 3.48. The van der Waals surface area contributed by atoms with Crippen molar-refractivity contribution < 1.29 is 20.5 Å². The molecule has 0 aliphatic carbocycles. The number of nitrogen functional groups attached to an aromatic ring is 1. The Balaban J connectivity index is 0.00000417. The van der Waals surface area contributed by atoms with Gasteiger partial charge < -0.3 is 35.8 Å². The first-order valence-electron chi connectivity index (χ1n) is 16.2. The highest BCUT2D eigenvalue weighted by Crippen LogP contribution is 2.26. The first-order valence-corrected chi connectivity index (χ1v) is 17.0. The van der Waals surface area contributed by atoms with Crippen LogP contribution < -0.4 is 16.4 Å². The Kier molecular flexibility index (Phi) is 10.1. The topological polar surface area (TPSA) is 123 Å². The van der Waals surface area contributed by atoms with Crippen molar-refractivity contribution in [3.8, 4) is 0 Å². The molecule has 4 heterocycles. The predicted molar refractivity (Wildman–Crippen MR) is 179 cm³/mol. The smallest absolute Gasteiger partial charge is 0.410 e. The SMILES string of the molecule is Nc1ccc(C[C@@H](OC(=O)N2CCC(N3CCc4ccccc4NC3=O)CC2)C(=O)N2CCN(C3CCNCC3)CC2)cc1Br.[HH]. The van der Waals surface area contributed by atoms with Crippen LogP contribution in [-0.4, -0.2) is 115 Å². The number of rotatable bonds is 6. The number of ether oxygens (including phenoxy) is 1. The lowest BCUT2D eigenvalue weighted by atomic mass is 10.0. The van der Waals surface area contributed by atoms with Crippen LogP contribution in [0.3, 0.4) is 0 Å². The molecule has 4 N–H and O–H groups in total. The molecule has 0 spiro atoms. The number of hydrogen-bond acceptors (Lipinski definition) is 7. The summed E-state index contributed by atoms with van der Waals surface area (Å²) in [5.41, 5.74) is 9.47. The molecule has 4 amide bonds. The second kappa shape index (κ2) is 14.4. The monoisotopic (exact) mass is 683 g/mol. The molecule has 0 unspecified atom stereocenters. The van der Waals surface area contributed by atoms with Crippen molar-refractivity contribution in [1.29, 1.82) is 0 Å². The van der Waals surface area contributed by atoms with E-state index in [0.29, 0.717) is 57.3 Å². The number of piperazine rings is 1. The van der Waals surface area contributed by atoms with Gasteiger partial charge in [-0.15, -0.1) is 0 Å². The van der Waals surface area contributed by atoms with Gasteiger partial charge in [0.2, 0.25) is 0 Å². The molecule has 0 bridgehead atoms. The molecule has 0 aromatic heterocycles. The fraction of sp³-hybridized carbons (Fsp3) is 0.545. The summed E-state index contributed by atoms with van der Waals surface area (Å²) in [6.07, 6.45) is 3.20. The zero-order chi connectivity index (χ0) is 31.3. The van der Waals surface area contributed by atoms with E-state index in [2.05, 4.69) is 31.5 Å². The Labute approximate surface area is 275 Å². The van der Waals surface area contributed by atoms with Crippen molar-refractivity contribution in [1.82, 2.24) is 24.9 Å². The Hall–Kier alpha value is -3.35. The standard InChI is InChI=1S/C33H44BrN7O4.H2/c34-27-21-23(5-6-28(27)35)22-30(31(42)39-19-17-38(18-20-39)25-7-12-36-13-8-25)45-33(44)40-14-10-26(11-15-40)41-16-9-24-3-1-2-4-29(24)37-32(41)43;/h1-6,21,25-26,30,36H,7-20,22,35H2,(H,37,43);1H/t30-;/m1./s1. The molecule has 12 heteroatoms. The van der Waals surface area contributed by atoms with Crippen LogP contribution in [0.5, 0.6) is 0 Å². The van der Waals surface area contributed by atoms with E-state index in [4.69, 9.17) is 10.5 Å². The van der Waals surface area contributed by atoms with Gasteiger partial charge in [0.25, 0.3) is 5.91 Å². The largest absolute Gasteiger partial charge is 0.436 e. The normalized spacial score (nSPS) is 21.1. The van der Waals surface area contributed by atoms with Gasteiger partial charge in [-0.1, -0.05) is 24.3 Å². The summed E-state index contributed by atoms with van der Waals surface area (Å²) in [5, 5.41) is 6.47. The van der Waals surface area contributed by atoms with Gasteiger partial charge in [-0.05, 0) is 90.4 Å². The molecule has 11 nitrogen and oxygen atoms in total. The molecule has 1 atom stereocenters. The Morgan fingerprint density at radius 3 is 2.40 bits per heavy atom. The second-order valence-corrected chi connectivity index (χ2v) is 13.4. The number of amides is 4. The lowest BCUT2D eigenvalue weighted by Crippen LogP contribution is -2.56. The Morgan fingerprint density at radius 1 is 0.933 bits per heavy atom. The van der Waals surface area contributed by atoms with Crippen LogP contribution in [0, 0.1) is 0 Å². The van der Waals surface area contributed by atoms with E-state index in [-0.39, 0.29) is 25.8 Å². The van der Waals surface area contributed by atoms with Crippen LogP contribution in [-0.2, 0) is 22.4 Å². The molecule has 2 aromatic rings. The van der Waals surface area contributed by atoms with E-state index in [9.17, 15) is 14.4 Å². The maximum absolute atomic E-state index is 13.9. The first-order chi connectivity index (χ1) is 21.9. The molecule has 4 aliphatic rings. The minimum atomic E-state index is -0.939. The van der Waals surface area contributed by atoms with Crippen LogP contribution >= 0.6 is 15.9 Å². The summed E-state index contributed by atoms with van der Waals surface area (Å²) in [5.74, 6) is -0.156. The van der Waals surface area contributed by atoms with E-state index in [1.807, 2.05) is 46.2 Å². The van der Waals surface area contributed by atoms with Crippen LogP contribution in [0.1, 0.15) is 38.2 Å². The van der Waals surface area contributed by atoms with Crippen molar-refractivity contribution in [2.24, 2.45) is 0 Å². The number of nitrogens with two attached hydrogens (primary N) is 1. The Bertz CT molecular complexity index is 1380. The molecule has 244 valence electrons. The fourth-order valence-corrected chi connectivity index (χ4v) is 7.49. The Morgan fingerprint density at radius 2 is 1.67 bits per heavy atom. The molecule has 4 aliphatic heterocycles. The molecular weight excluding hydrogens is 638 g/mol. The van der Waals surface area contributed by atoms with Gasteiger partial charge in [-0.2, -0.15) is 0 Å². The second-order valence-electron chi connectivity index (χ2n) is 12.5. The van der Waals surface area contributed by atoms with E-state index in [1.54, 1.807) is 11.0 Å². The van der Waals surface area contributed by atoms with E-state index in [0.717, 1.165) is 66.7 Å². The number of piperidine rings is 2. The first kappa shape index (κ1) is 31.6. The van der Waals surface area contributed by atoms with Gasteiger partial charge in [0.05, 0.1) is 0 Å². The number of halogens is 1. The zero-order valence-corrected chi connectivity index (χ0v) is 27.3.